The van der Waals surface area contributed by atoms with E-state index in [1.54, 1.807) is 0 Å². The minimum atomic E-state index is 0.176. The fourth-order valence-corrected chi connectivity index (χ4v) is 3.51. The van der Waals surface area contributed by atoms with Gasteiger partial charge in [-0.3, -0.25) is 0 Å². The molecule has 1 fully saturated rings. The number of hydrogen-bond acceptors (Lipinski definition) is 3. The first-order valence-corrected chi connectivity index (χ1v) is 8.38. The maximum absolute atomic E-state index is 9.37. The number of hydrogen-bond donors (Lipinski definition) is 2. The third-order valence-electron chi connectivity index (χ3n) is 4.73. The lowest BCUT2D eigenvalue weighted by atomic mass is 9.99. The second kappa shape index (κ2) is 6.59. The molecule has 1 aliphatic rings. The van der Waals surface area contributed by atoms with E-state index in [1.165, 1.54) is 11.1 Å². The quantitative estimate of drug-likeness (QED) is 0.777. The van der Waals surface area contributed by atoms with E-state index in [-0.39, 0.29) is 12.6 Å². The molecule has 122 valence electrons. The van der Waals surface area contributed by atoms with Gasteiger partial charge in [0, 0.05) is 36.6 Å². The average molecular weight is 319 g/mol. The van der Waals surface area contributed by atoms with Gasteiger partial charge < -0.3 is 15.0 Å². The van der Waals surface area contributed by atoms with Gasteiger partial charge in [-0.15, -0.1) is 0 Å². The van der Waals surface area contributed by atoms with Gasteiger partial charge in [0.1, 0.15) is 5.82 Å². The van der Waals surface area contributed by atoms with Crippen LogP contribution >= 0.6 is 0 Å². The van der Waals surface area contributed by atoms with E-state index in [1.807, 2.05) is 18.5 Å². The van der Waals surface area contributed by atoms with E-state index in [9.17, 15) is 5.11 Å². The summed E-state index contributed by atoms with van der Waals surface area (Å²) in [7, 11) is 0. The Hall–Kier alpha value is -2.43. The van der Waals surface area contributed by atoms with Gasteiger partial charge in [-0.2, -0.15) is 0 Å². The van der Waals surface area contributed by atoms with E-state index in [4.69, 9.17) is 0 Å². The van der Waals surface area contributed by atoms with Crippen LogP contribution in [-0.4, -0.2) is 33.9 Å². The fraction of sp³-hybridized carbons (Fsp3) is 0.250. The summed E-state index contributed by atoms with van der Waals surface area (Å²) in [5.74, 6) is 0.986. The Labute approximate surface area is 141 Å². The molecule has 0 unspecified atom stereocenters. The monoisotopic (exact) mass is 319 g/mol. The summed E-state index contributed by atoms with van der Waals surface area (Å²) in [6.45, 7) is 1.04. The maximum Gasteiger partial charge on any atom is 0.140 e. The van der Waals surface area contributed by atoms with Crippen molar-refractivity contribution in [1.29, 1.82) is 0 Å². The van der Waals surface area contributed by atoms with Crippen LogP contribution in [0.4, 0.5) is 0 Å². The molecular formula is C20H21N3O. The Morgan fingerprint density at radius 3 is 2.54 bits per heavy atom. The van der Waals surface area contributed by atoms with Crippen molar-refractivity contribution in [3.63, 3.8) is 0 Å². The first kappa shape index (κ1) is 15.1. The molecule has 3 aromatic rings. The summed E-state index contributed by atoms with van der Waals surface area (Å²) in [5.41, 5.74) is 3.52. The second-order valence-corrected chi connectivity index (χ2v) is 6.25. The minimum Gasteiger partial charge on any atom is -0.395 e. The van der Waals surface area contributed by atoms with Crippen LogP contribution in [0.1, 0.15) is 12.5 Å². The van der Waals surface area contributed by atoms with Crippen molar-refractivity contribution in [2.24, 2.45) is 0 Å². The highest BCUT2D eigenvalue weighted by Gasteiger charge is 2.26. The highest BCUT2D eigenvalue weighted by atomic mass is 16.3. The molecule has 0 radical (unpaired) electrons. The molecule has 0 saturated carbocycles. The topological polar surface area (TPSA) is 50.1 Å². The molecule has 4 heteroatoms. The Balaban J connectivity index is 1.75. The summed E-state index contributed by atoms with van der Waals surface area (Å²) < 4.78 is 2.24. The Morgan fingerprint density at radius 2 is 1.79 bits per heavy atom. The average Bonchev–Trinajstić information content (AvgIpc) is 3.31. The van der Waals surface area contributed by atoms with Gasteiger partial charge in [0.25, 0.3) is 0 Å². The molecule has 1 aliphatic heterocycles. The standard InChI is InChI=1S/C20H21N3O/c24-14-16-12-17(13-22-16)23-11-10-21-20(23)19-9-5-4-8-18(19)15-6-2-1-3-7-15/h1-11,16-17,22,24H,12-14H2/t16-,17-/m0/s1. The number of benzene rings is 2. The molecule has 2 N–H and O–H groups in total. The van der Waals surface area contributed by atoms with E-state index < -0.39 is 0 Å². The van der Waals surface area contributed by atoms with Crippen molar-refractivity contribution >= 4 is 0 Å². The van der Waals surface area contributed by atoms with Gasteiger partial charge in [-0.05, 0) is 17.5 Å². The van der Waals surface area contributed by atoms with Gasteiger partial charge in [0.15, 0.2) is 0 Å². The maximum atomic E-state index is 9.37. The fourth-order valence-electron chi connectivity index (χ4n) is 3.51. The van der Waals surface area contributed by atoms with E-state index in [0.29, 0.717) is 6.04 Å². The highest BCUT2D eigenvalue weighted by molar-refractivity contribution is 5.80. The molecule has 0 bridgehead atoms. The van der Waals surface area contributed by atoms with Crippen molar-refractivity contribution in [2.75, 3.05) is 13.2 Å². The highest BCUT2D eigenvalue weighted by Crippen LogP contribution is 2.33. The normalized spacial score (nSPS) is 20.4. The molecule has 2 aromatic carbocycles. The summed E-state index contributed by atoms with van der Waals surface area (Å²) in [5, 5.41) is 12.7. The first-order valence-electron chi connectivity index (χ1n) is 8.38. The number of nitrogens with zero attached hydrogens (tertiary/aromatic N) is 2. The largest absolute Gasteiger partial charge is 0.395 e. The Bertz CT molecular complexity index is 813. The van der Waals surface area contributed by atoms with Crippen LogP contribution in [0.3, 0.4) is 0 Å². The summed E-state index contributed by atoms with van der Waals surface area (Å²) in [4.78, 5) is 4.64. The molecule has 4 rings (SSSR count). The third kappa shape index (κ3) is 2.75. The molecule has 0 amide bonds. The molecule has 0 aliphatic carbocycles. The summed E-state index contributed by atoms with van der Waals surface area (Å²) in [6, 6.07) is 19.3. The van der Waals surface area contributed by atoms with Crippen LogP contribution in [-0.2, 0) is 0 Å². The van der Waals surface area contributed by atoms with Gasteiger partial charge in [-0.1, -0.05) is 54.6 Å². The molecule has 1 aromatic heterocycles. The van der Waals surface area contributed by atoms with Crippen molar-refractivity contribution in [1.82, 2.24) is 14.9 Å². The van der Waals surface area contributed by atoms with Crippen molar-refractivity contribution in [3.05, 3.63) is 67.0 Å². The zero-order chi connectivity index (χ0) is 16.4. The van der Waals surface area contributed by atoms with Crippen molar-refractivity contribution in [3.8, 4) is 22.5 Å². The molecule has 2 atom stereocenters. The van der Waals surface area contributed by atoms with Crippen LogP contribution in [0.2, 0.25) is 0 Å². The lowest BCUT2D eigenvalue weighted by molar-refractivity contribution is 0.253. The molecule has 4 nitrogen and oxygen atoms in total. The Morgan fingerprint density at radius 1 is 1.04 bits per heavy atom. The lowest BCUT2D eigenvalue weighted by Gasteiger charge is -2.17. The lowest BCUT2D eigenvalue weighted by Crippen LogP contribution is -2.24. The Kier molecular flexibility index (Phi) is 4.15. The van der Waals surface area contributed by atoms with Crippen LogP contribution in [0, 0.1) is 0 Å². The zero-order valence-corrected chi connectivity index (χ0v) is 13.5. The number of rotatable bonds is 4. The van der Waals surface area contributed by atoms with Gasteiger partial charge >= 0.3 is 0 Å². The number of aromatic nitrogens is 2. The smallest absolute Gasteiger partial charge is 0.140 e. The molecule has 24 heavy (non-hydrogen) atoms. The zero-order valence-electron chi connectivity index (χ0n) is 13.5. The number of aliphatic hydroxyl groups excluding tert-OH is 1. The third-order valence-corrected chi connectivity index (χ3v) is 4.73. The minimum absolute atomic E-state index is 0.176. The summed E-state index contributed by atoms with van der Waals surface area (Å²) in [6.07, 6.45) is 4.83. The number of nitrogens with one attached hydrogen (secondary N) is 1. The molecule has 0 spiro atoms. The van der Waals surface area contributed by atoms with E-state index in [0.717, 1.165) is 24.4 Å². The summed E-state index contributed by atoms with van der Waals surface area (Å²) >= 11 is 0. The van der Waals surface area contributed by atoms with Crippen LogP contribution < -0.4 is 5.32 Å². The van der Waals surface area contributed by atoms with E-state index >= 15 is 0 Å². The van der Waals surface area contributed by atoms with Crippen LogP contribution in [0.5, 0.6) is 0 Å². The van der Waals surface area contributed by atoms with Crippen LogP contribution in [0.15, 0.2) is 67.0 Å². The SMILES string of the molecule is OC[C@@H]1C[C@H](n2ccnc2-c2ccccc2-c2ccccc2)CN1. The van der Waals surface area contributed by atoms with Gasteiger partial charge in [0.2, 0.25) is 0 Å². The number of imidazole rings is 1. The molecule has 2 heterocycles. The van der Waals surface area contributed by atoms with Crippen molar-refractivity contribution in [2.45, 2.75) is 18.5 Å². The van der Waals surface area contributed by atoms with Gasteiger partial charge in [0.05, 0.1) is 6.61 Å². The number of aliphatic hydroxyl groups is 1. The van der Waals surface area contributed by atoms with Crippen molar-refractivity contribution < 1.29 is 5.11 Å². The van der Waals surface area contributed by atoms with Crippen LogP contribution in [0.25, 0.3) is 22.5 Å². The molecular weight excluding hydrogens is 298 g/mol. The predicted octanol–water partition coefficient (Wildman–Crippen LogP) is 3.11. The first-order chi connectivity index (χ1) is 11.9. The van der Waals surface area contributed by atoms with E-state index in [2.05, 4.69) is 63.4 Å². The predicted molar refractivity (Wildman–Crippen MR) is 95.6 cm³/mol. The van der Waals surface area contributed by atoms with Gasteiger partial charge in [-0.25, -0.2) is 4.98 Å². The molecule has 1 saturated heterocycles. The second-order valence-electron chi connectivity index (χ2n) is 6.25.